The first-order valence-electron chi connectivity index (χ1n) is 12.2. The number of halogens is 1. The fourth-order valence-corrected chi connectivity index (χ4v) is 5.50. The van der Waals surface area contributed by atoms with Crippen LogP contribution < -0.4 is 0 Å². The topological polar surface area (TPSA) is 23.8 Å². The molecule has 162 valence electrons. The molecule has 0 spiro atoms. The van der Waals surface area contributed by atoms with Crippen molar-refractivity contribution in [1.82, 2.24) is 0 Å². The summed E-state index contributed by atoms with van der Waals surface area (Å²) in [5.74, 6) is 2.44. The monoisotopic (exact) mass is 407 g/mol. The number of hydrogen-bond acceptors (Lipinski definition) is 1. The molecule has 0 aliphatic heterocycles. The molecule has 0 bridgehead atoms. The van der Waals surface area contributed by atoms with Crippen molar-refractivity contribution >= 4 is 0 Å². The van der Waals surface area contributed by atoms with Gasteiger partial charge in [-0.1, -0.05) is 62.6 Å². The summed E-state index contributed by atoms with van der Waals surface area (Å²) in [6.45, 7) is 2.25. The van der Waals surface area contributed by atoms with Gasteiger partial charge in [0.2, 0.25) is 0 Å². The maximum absolute atomic E-state index is 12.8. The minimum Gasteiger partial charge on any atom is -0.195 e. The minimum atomic E-state index is -0.705. The highest BCUT2D eigenvalue weighted by Crippen LogP contribution is 2.40. The molecule has 2 heteroatoms. The van der Waals surface area contributed by atoms with Gasteiger partial charge < -0.3 is 0 Å². The highest BCUT2D eigenvalue weighted by atomic mass is 19.1. The van der Waals surface area contributed by atoms with Crippen molar-refractivity contribution in [3.8, 4) is 6.07 Å². The normalized spacial score (nSPS) is 27.8. The molecule has 0 N–H and O–H groups in total. The summed E-state index contributed by atoms with van der Waals surface area (Å²) < 4.78 is 12.8. The highest BCUT2D eigenvalue weighted by molar-refractivity contribution is 5.26. The Hall–Kier alpha value is -1.88. The van der Waals surface area contributed by atoms with Crippen molar-refractivity contribution in [2.45, 2.75) is 89.9 Å². The maximum Gasteiger partial charge on any atom is 0.199 e. The number of benzene rings is 1. The second-order valence-corrected chi connectivity index (χ2v) is 9.58. The first kappa shape index (κ1) is 22.8. The fraction of sp³-hybridized carbons (Fsp3) is 0.607. The van der Waals surface area contributed by atoms with Gasteiger partial charge in [-0.25, -0.2) is 0 Å². The Morgan fingerprint density at radius 1 is 0.967 bits per heavy atom. The molecule has 0 saturated heterocycles. The SMILES string of the molecule is CCCc1ccc([C@H]2CC[C@H](CC[C@H]3CC[C@H](/C=C/C=C(\F)C#N)CC3)CC2)cc1. The molecule has 1 aromatic rings. The number of hydrogen-bond donors (Lipinski definition) is 0. The van der Waals surface area contributed by atoms with Crippen LogP contribution in [0.5, 0.6) is 0 Å². The van der Waals surface area contributed by atoms with E-state index in [4.69, 9.17) is 5.26 Å². The van der Waals surface area contributed by atoms with Crippen LogP contribution in [0.3, 0.4) is 0 Å². The van der Waals surface area contributed by atoms with Crippen molar-refractivity contribution in [2.75, 3.05) is 0 Å². The van der Waals surface area contributed by atoms with Gasteiger partial charge in [-0.2, -0.15) is 9.65 Å². The summed E-state index contributed by atoms with van der Waals surface area (Å²) >= 11 is 0. The van der Waals surface area contributed by atoms with E-state index in [0.717, 1.165) is 17.8 Å². The summed E-state index contributed by atoms with van der Waals surface area (Å²) in [5, 5.41) is 8.45. The number of nitrogens with zero attached hydrogens (tertiary/aromatic N) is 1. The smallest absolute Gasteiger partial charge is 0.195 e. The summed E-state index contributed by atoms with van der Waals surface area (Å²) in [7, 11) is 0. The summed E-state index contributed by atoms with van der Waals surface area (Å²) in [6.07, 6.45) is 20.9. The van der Waals surface area contributed by atoms with Crippen LogP contribution in [0.1, 0.15) is 94.6 Å². The van der Waals surface area contributed by atoms with Gasteiger partial charge in [-0.15, -0.1) is 0 Å². The Kier molecular flexibility index (Phi) is 9.19. The van der Waals surface area contributed by atoms with E-state index in [1.807, 2.05) is 0 Å². The Morgan fingerprint density at radius 3 is 2.13 bits per heavy atom. The van der Waals surface area contributed by atoms with Gasteiger partial charge >= 0.3 is 0 Å². The van der Waals surface area contributed by atoms with Gasteiger partial charge in [0.25, 0.3) is 0 Å². The lowest BCUT2D eigenvalue weighted by Gasteiger charge is -2.31. The Morgan fingerprint density at radius 2 is 1.57 bits per heavy atom. The molecule has 0 radical (unpaired) electrons. The first-order valence-corrected chi connectivity index (χ1v) is 12.2. The second kappa shape index (κ2) is 12.1. The molecule has 2 aliphatic carbocycles. The quantitative estimate of drug-likeness (QED) is 0.313. The Bertz CT molecular complexity index is 723. The Balaban J connectivity index is 1.33. The van der Waals surface area contributed by atoms with Crippen LogP contribution in [0.15, 0.2) is 48.3 Å². The maximum atomic E-state index is 12.8. The van der Waals surface area contributed by atoms with E-state index >= 15 is 0 Å². The number of aryl methyl sites for hydroxylation is 1. The Labute approximate surface area is 183 Å². The number of rotatable bonds is 8. The molecule has 0 unspecified atom stereocenters. The number of nitriles is 1. The highest BCUT2D eigenvalue weighted by Gasteiger charge is 2.24. The molecule has 0 amide bonds. The molecular weight excluding hydrogens is 369 g/mol. The first-order chi connectivity index (χ1) is 14.7. The van der Waals surface area contributed by atoms with E-state index in [9.17, 15) is 4.39 Å². The second-order valence-electron chi connectivity index (χ2n) is 9.58. The zero-order valence-electron chi connectivity index (χ0n) is 18.7. The van der Waals surface area contributed by atoms with Crippen molar-refractivity contribution < 1.29 is 4.39 Å². The van der Waals surface area contributed by atoms with Gasteiger partial charge in [0.15, 0.2) is 5.83 Å². The van der Waals surface area contributed by atoms with E-state index in [2.05, 4.69) is 37.3 Å². The molecule has 2 aliphatic rings. The fourth-order valence-electron chi connectivity index (χ4n) is 5.50. The van der Waals surface area contributed by atoms with Gasteiger partial charge in [0.1, 0.15) is 6.07 Å². The van der Waals surface area contributed by atoms with Crippen LogP contribution in [-0.4, -0.2) is 0 Å². The minimum absolute atomic E-state index is 0.558. The van der Waals surface area contributed by atoms with Crippen LogP contribution in [0, 0.1) is 29.1 Å². The van der Waals surface area contributed by atoms with E-state index in [1.165, 1.54) is 94.8 Å². The predicted molar refractivity (Wildman–Crippen MR) is 124 cm³/mol. The molecule has 0 aromatic heterocycles. The lowest BCUT2D eigenvalue weighted by atomic mass is 9.74. The van der Waals surface area contributed by atoms with Crippen molar-refractivity contribution in [1.29, 1.82) is 5.26 Å². The third kappa shape index (κ3) is 7.12. The molecular formula is C28H38FN. The zero-order chi connectivity index (χ0) is 21.2. The molecule has 1 aromatic carbocycles. The third-order valence-electron chi connectivity index (χ3n) is 7.44. The summed E-state index contributed by atoms with van der Waals surface area (Å²) in [4.78, 5) is 0. The predicted octanol–water partition coefficient (Wildman–Crippen LogP) is 8.43. The van der Waals surface area contributed by atoms with E-state index < -0.39 is 5.83 Å². The lowest BCUT2D eigenvalue weighted by Crippen LogP contribution is -2.17. The molecule has 0 heterocycles. The zero-order valence-corrected chi connectivity index (χ0v) is 18.7. The van der Waals surface area contributed by atoms with Gasteiger partial charge in [0.05, 0.1) is 0 Å². The number of allylic oxidation sites excluding steroid dienone is 4. The molecule has 0 atom stereocenters. The van der Waals surface area contributed by atoms with Crippen molar-refractivity contribution in [3.63, 3.8) is 0 Å². The van der Waals surface area contributed by atoms with Gasteiger partial charge in [-0.3, -0.25) is 0 Å². The van der Waals surface area contributed by atoms with Gasteiger partial charge in [-0.05, 0) is 98.7 Å². The standard InChI is InChI=1S/C28H38FN/c1-2-4-22-13-17-26(18-14-22)27-19-15-25(16-20-27)12-11-24-9-7-23(8-10-24)5-3-6-28(29)21-30/h3,5-6,13-14,17-18,23-25,27H,2,4,7-12,15-16,19-20H2,1H3/b5-3+,28-6-/t23-,24-,25-,27-. The lowest BCUT2D eigenvalue weighted by molar-refractivity contribution is 0.246. The van der Waals surface area contributed by atoms with E-state index in [-0.39, 0.29) is 0 Å². The van der Waals surface area contributed by atoms with Crippen LogP contribution in [0.2, 0.25) is 0 Å². The van der Waals surface area contributed by atoms with E-state index in [1.54, 1.807) is 11.6 Å². The average Bonchev–Trinajstić information content (AvgIpc) is 2.79. The van der Waals surface area contributed by atoms with Gasteiger partial charge in [0, 0.05) is 0 Å². The third-order valence-corrected chi connectivity index (χ3v) is 7.44. The average molecular weight is 408 g/mol. The van der Waals surface area contributed by atoms with E-state index in [0.29, 0.717) is 5.92 Å². The van der Waals surface area contributed by atoms with Crippen LogP contribution in [-0.2, 0) is 6.42 Å². The van der Waals surface area contributed by atoms with Crippen molar-refractivity contribution in [2.24, 2.45) is 17.8 Å². The molecule has 1 nitrogen and oxygen atoms in total. The molecule has 2 saturated carbocycles. The summed E-state index contributed by atoms with van der Waals surface area (Å²) in [5.41, 5.74) is 3.04. The van der Waals surface area contributed by atoms with Crippen LogP contribution >= 0.6 is 0 Å². The largest absolute Gasteiger partial charge is 0.199 e. The molecule has 2 fully saturated rings. The summed E-state index contributed by atoms with van der Waals surface area (Å²) in [6, 6.07) is 11.0. The van der Waals surface area contributed by atoms with Crippen molar-refractivity contribution in [3.05, 3.63) is 59.4 Å². The molecule has 3 rings (SSSR count). The van der Waals surface area contributed by atoms with Crippen LogP contribution in [0.25, 0.3) is 0 Å². The van der Waals surface area contributed by atoms with Crippen LogP contribution in [0.4, 0.5) is 4.39 Å². The molecule has 30 heavy (non-hydrogen) atoms.